The van der Waals surface area contributed by atoms with E-state index in [9.17, 15) is 0 Å². The Labute approximate surface area is 90.2 Å². The molecule has 0 radical (unpaired) electrons. The molecule has 2 rings (SSSR count). The SMILES string of the molecule is CCc1ccc2c(c1)c(CCO)cn2C. The van der Waals surface area contributed by atoms with E-state index in [1.54, 1.807) is 0 Å². The summed E-state index contributed by atoms with van der Waals surface area (Å²) in [6.45, 7) is 2.38. The van der Waals surface area contributed by atoms with Crippen LogP contribution < -0.4 is 0 Å². The molecule has 0 aliphatic carbocycles. The number of rotatable bonds is 3. The molecule has 0 atom stereocenters. The highest BCUT2D eigenvalue weighted by molar-refractivity contribution is 5.84. The van der Waals surface area contributed by atoms with Crippen molar-refractivity contribution in [3.05, 3.63) is 35.5 Å². The molecular formula is C13H17NO. The van der Waals surface area contributed by atoms with Gasteiger partial charge in [0, 0.05) is 30.8 Å². The Morgan fingerprint density at radius 2 is 2.13 bits per heavy atom. The number of aliphatic hydroxyl groups excluding tert-OH is 1. The first kappa shape index (κ1) is 10.2. The number of hydrogen-bond acceptors (Lipinski definition) is 1. The smallest absolute Gasteiger partial charge is 0.0480 e. The molecule has 2 heteroatoms. The molecule has 0 bridgehead atoms. The van der Waals surface area contributed by atoms with Gasteiger partial charge in [-0.2, -0.15) is 0 Å². The zero-order chi connectivity index (χ0) is 10.8. The average Bonchev–Trinajstić information content (AvgIpc) is 2.56. The van der Waals surface area contributed by atoms with Crippen LogP contribution in [0.15, 0.2) is 24.4 Å². The molecule has 0 aliphatic rings. The fourth-order valence-electron chi connectivity index (χ4n) is 2.06. The second-order valence-corrected chi connectivity index (χ2v) is 3.94. The average molecular weight is 203 g/mol. The number of nitrogens with zero attached hydrogens (tertiary/aromatic N) is 1. The Bertz CT molecular complexity index is 471. The van der Waals surface area contributed by atoms with E-state index in [0.29, 0.717) is 0 Å². The molecule has 1 heterocycles. The number of hydrogen-bond donors (Lipinski definition) is 1. The maximum Gasteiger partial charge on any atom is 0.0480 e. The van der Waals surface area contributed by atoms with Crippen molar-refractivity contribution >= 4 is 10.9 Å². The van der Waals surface area contributed by atoms with Crippen molar-refractivity contribution in [3.63, 3.8) is 0 Å². The first-order valence-electron chi connectivity index (χ1n) is 5.44. The first-order valence-corrected chi connectivity index (χ1v) is 5.44. The van der Waals surface area contributed by atoms with Crippen molar-refractivity contribution in [2.24, 2.45) is 7.05 Å². The Balaban J connectivity index is 2.60. The minimum atomic E-state index is 0.218. The van der Waals surface area contributed by atoms with Crippen LogP contribution in [0.3, 0.4) is 0 Å². The monoisotopic (exact) mass is 203 g/mol. The molecule has 2 nitrogen and oxygen atoms in total. The summed E-state index contributed by atoms with van der Waals surface area (Å²) in [5.41, 5.74) is 3.84. The first-order chi connectivity index (χ1) is 7.26. The molecule has 1 N–H and O–H groups in total. The summed E-state index contributed by atoms with van der Waals surface area (Å²) < 4.78 is 2.12. The van der Waals surface area contributed by atoms with E-state index >= 15 is 0 Å². The Morgan fingerprint density at radius 3 is 2.80 bits per heavy atom. The van der Waals surface area contributed by atoms with Gasteiger partial charge in [-0.3, -0.25) is 0 Å². The van der Waals surface area contributed by atoms with E-state index in [4.69, 9.17) is 5.11 Å². The second kappa shape index (κ2) is 4.07. The lowest BCUT2D eigenvalue weighted by molar-refractivity contribution is 0.300. The topological polar surface area (TPSA) is 25.2 Å². The Morgan fingerprint density at radius 1 is 1.33 bits per heavy atom. The van der Waals surface area contributed by atoms with Crippen LogP contribution in [0.2, 0.25) is 0 Å². The molecular weight excluding hydrogens is 186 g/mol. The van der Waals surface area contributed by atoms with E-state index in [1.807, 2.05) is 0 Å². The lowest BCUT2D eigenvalue weighted by atomic mass is 10.1. The molecule has 1 aromatic carbocycles. The summed E-state index contributed by atoms with van der Waals surface area (Å²) in [4.78, 5) is 0. The van der Waals surface area contributed by atoms with E-state index < -0.39 is 0 Å². The molecule has 0 amide bonds. The van der Waals surface area contributed by atoms with Gasteiger partial charge in [0.05, 0.1) is 0 Å². The highest BCUT2D eigenvalue weighted by atomic mass is 16.2. The second-order valence-electron chi connectivity index (χ2n) is 3.94. The molecule has 2 aromatic rings. The number of fused-ring (bicyclic) bond motifs is 1. The number of aliphatic hydroxyl groups is 1. The number of aromatic nitrogens is 1. The predicted octanol–water partition coefficient (Wildman–Crippen LogP) is 2.28. The van der Waals surface area contributed by atoms with Crippen LogP contribution in [0.1, 0.15) is 18.1 Å². The van der Waals surface area contributed by atoms with Gasteiger partial charge in [-0.05, 0) is 36.1 Å². The minimum Gasteiger partial charge on any atom is -0.396 e. The molecule has 80 valence electrons. The van der Waals surface area contributed by atoms with E-state index in [2.05, 4.69) is 42.9 Å². The molecule has 0 aliphatic heterocycles. The zero-order valence-electron chi connectivity index (χ0n) is 9.33. The van der Waals surface area contributed by atoms with Gasteiger partial charge in [0.15, 0.2) is 0 Å². The summed E-state index contributed by atoms with van der Waals surface area (Å²) in [6, 6.07) is 6.57. The van der Waals surface area contributed by atoms with Gasteiger partial charge >= 0.3 is 0 Å². The van der Waals surface area contributed by atoms with Crippen LogP contribution >= 0.6 is 0 Å². The fourth-order valence-corrected chi connectivity index (χ4v) is 2.06. The maximum absolute atomic E-state index is 9.01. The summed E-state index contributed by atoms with van der Waals surface area (Å²) in [6.07, 6.45) is 3.91. The van der Waals surface area contributed by atoms with Gasteiger partial charge in [-0.1, -0.05) is 13.0 Å². The van der Waals surface area contributed by atoms with Gasteiger partial charge in [0.25, 0.3) is 0 Å². The molecule has 15 heavy (non-hydrogen) atoms. The van der Waals surface area contributed by atoms with Gasteiger partial charge in [-0.15, -0.1) is 0 Å². The van der Waals surface area contributed by atoms with Crippen molar-refractivity contribution in [2.75, 3.05) is 6.61 Å². The van der Waals surface area contributed by atoms with E-state index in [-0.39, 0.29) is 6.61 Å². The van der Waals surface area contributed by atoms with Crippen LogP contribution in [-0.4, -0.2) is 16.3 Å². The molecule has 0 saturated heterocycles. The predicted molar refractivity (Wildman–Crippen MR) is 63.1 cm³/mol. The lowest BCUT2D eigenvalue weighted by Crippen LogP contribution is -1.88. The standard InChI is InChI=1S/C13H17NO/c1-3-10-4-5-13-12(8-10)11(6-7-15)9-14(13)2/h4-5,8-9,15H,3,6-7H2,1-2H3. The van der Waals surface area contributed by atoms with Gasteiger partial charge in [-0.25, -0.2) is 0 Å². The molecule has 0 fully saturated rings. The highest BCUT2D eigenvalue weighted by Crippen LogP contribution is 2.22. The largest absolute Gasteiger partial charge is 0.396 e. The van der Waals surface area contributed by atoms with Crippen molar-refractivity contribution in [1.29, 1.82) is 0 Å². The third kappa shape index (κ3) is 1.77. The van der Waals surface area contributed by atoms with Crippen LogP contribution in [0, 0.1) is 0 Å². The normalized spacial score (nSPS) is 11.1. The number of aryl methyl sites for hydroxylation is 2. The fraction of sp³-hybridized carbons (Fsp3) is 0.385. The van der Waals surface area contributed by atoms with Gasteiger partial charge in [0.1, 0.15) is 0 Å². The third-order valence-electron chi connectivity index (χ3n) is 2.93. The summed E-state index contributed by atoms with van der Waals surface area (Å²) in [7, 11) is 2.05. The quantitative estimate of drug-likeness (QED) is 0.813. The van der Waals surface area contributed by atoms with Gasteiger partial charge < -0.3 is 9.67 Å². The minimum absolute atomic E-state index is 0.218. The van der Waals surface area contributed by atoms with Crippen LogP contribution in [0.4, 0.5) is 0 Å². The highest BCUT2D eigenvalue weighted by Gasteiger charge is 2.06. The van der Waals surface area contributed by atoms with Crippen LogP contribution in [-0.2, 0) is 19.9 Å². The third-order valence-corrected chi connectivity index (χ3v) is 2.93. The zero-order valence-corrected chi connectivity index (χ0v) is 9.33. The lowest BCUT2D eigenvalue weighted by Gasteiger charge is -2.00. The summed E-state index contributed by atoms with van der Waals surface area (Å²) in [5.74, 6) is 0. The van der Waals surface area contributed by atoms with Crippen molar-refractivity contribution < 1.29 is 5.11 Å². The molecule has 1 aromatic heterocycles. The molecule has 0 unspecified atom stereocenters. The van der Waals surface area contributed by atoms with Crippen molar-refractivity contribution in [2.45, 2.75) is 19.8 Å². The van der Waals surface area contributed by atoms with Crippen LogP contribution in [0.25, 0.3) is 10.9 Å². The van der Waals surface area contributed by atoms with E-state index in [0.717, 1.165) is 12.8 Å². The maximum atomic E-state index is 9.01. The van der Waals surface area contributed by atoms with Gasteiger partial charge in [0.2, 0.25) is 0 Å². The number of benzene rings is 1. The summed E-state index contributed by atoms with van der Waals surface area (Å²) in [5, 5.41) is 10.3. The Hall–Kier alpha value is -1.28. The Kier molecular flexibility index (Phi) is 2.78. The van der Waals surface area contributed by atoms with Crippen LogP contribution in [0.5, 0.6) is 0 Å². The van der Waals surface area contributed by atoms with E-state index in [1.165, 1.54) is 22.0 Å². The van der Waals surface area contributed by atoms with Crippen molar-refractivity contribution in [3.8, 4) is 0 Å². The molecule has 0 spiro atoms. The summed E-state index contributed by atoms with van der Waals surface area (Å²) >= 11 is 0. The molecule has 0 saturated carbocycles. The van der Waals surface area contributed by atoms with Crippen molar-refractivity contribution in [1.82, 2.24) is 4.57 Å².